The largest absolute Gasteiger partial charge is 2.00 e. The number of unbranched alkanes of at least 4 members (excludes halogenated alkanes) is 40. The zero-order valence-electron chi connectivity index (χ0n) is 71.8. The van der Waals surface area contributed by atoms with E-state index in [9.17, 15) is 0 Å². The van der Waals surface area contributed by atoms with Crippen LogP contribution in [0.1, 0.15) is 364 Å². The first-order chi connectivity index (χ1) is 55.3. The number of rotatable bonds is 64. The minimum Gasteiger partial charge on any atom is -0.490 e. The molecule has 9 rings (SSSR count). The summed E-state index contributed by atoms with van der Waals surface area (Å²) in [5, 5.41) is 2.97. The zero-order valence-corrected chi connectivity index (χ0v) is 74.7. The van der Waals surface area contributed by atoms with Gasteiger partial charge in [0, 0.05) is 44.8 Å². The van der Waals surface area contributed by atoms with Crippen LogP contribution in [0.4, 0.5) is 0 Å². The topological polar surface area (TPSA) is 179 Å². The summed E-state index contributed by atoms with van der Waals surface area (Å²) in [5.41, 5.74) is 4.65. The maximum absolute atomic E-state index is 6.89. The summed E-state index contributed by atoms with van der Waals surface area (Å²) in [5.74, 6) is 6.88. The van der Waals surface area contributed by atoms with E-state index in [2.05, 4.69) is 104 Å². The number of benzene rings is 4. The molecule has 0 radical (unpaired) electrons. The molecular formula is C96H144N8O8Zn. The van der Waals surface area contributed by atoms with Crippen LogP contribution in [-0.2, 0) is 19.5 Å². The van der Waals surface area contributed by atoms with E-state index in [1.165, 1.54) is 205 Å². The quantitative estimate of drug-likeness (QED) is 0.0259. The fourth-order valence-electron chi connectivity index (χ4n) is 15.1. The summed E-state index contributed by atoms with van der Waals surface area (Å²) in [4.78, 5) is 44.5. The second-order valence-electron chi connectivity index (χ2n) is 31.8. The van der Waals surface area contributed by atoms with Crippen molar-refractivity contribution in [3.8, 4) is 91.5 Å². The van der Waals surface area contributed by atoms with Crippen molar-refractivity contribution in [3.63, 3.8) is 0 Å². The van der Waals surface area contributed by atoms with Crippen LogP contribution in [0.25, 0.3) is 89.7 Å². The van der Waals surface area contributed by atoms with Gasteiger partial charge in [0.05, 0.1) is 76.2 Å². The Labute approximate surface area is 693 Å². The number of aromatic nitrogens is 8. The molecule has 0 saturated heterocycles. The van der Waals surface area contributed by atoms with Crippen molar-refractivity contribution in [1.82, 2.24) is 39.9 Å². The van der Waals surface area contributed by atoms with Crippen LogP contribution in [0.3, 0.4) is 0 Å². The average Bonchev–Trinajstić information content (AvgIpc) is 1.62. The minimum atomic E-state index is 0. The van der Waals surface area contributed by atoms with Gasteiger partial charge in [-0.1, -0.05) is 312 Å². The van der Waals surface area contributed by atoms with Gasteiger partial charge < -0.3 is 67.8 Å². The van der Waals surface area contributed by atoms with Gasteiger partial charge in [-0.25, -0.2) is 9.97 Å². The molecule has 5 heterocycles. The summed E-state index contributed by atoms with van der Waals surface area (Å²) < 4.78 is 55.1. The molecule has 8 bridgehead atoms. The molecule has 0 N–H and O–H groups in total. The molecule has 0 amide bonds. The van der Waals surface area contributed by atoms with Crippen molar-refractivity contribution in [2.75, 3.05) is 52.9 Å². The van der Waals surface area contributed by atoms with Crippen molar-refractivity contribution >= 4 is 44.1 Å². The Morgan fingerprint density at radius 2 is 0.327 bits per heavy atom. The van der Waals surface area contributed by atoms with Gasteiger partial charge in [-0.3, -0.25) is 0 Å². The summed E-state index contributed by atoms with van der Waals surface area (Å²) >= 11 is 0. The molecule has 113 heavy (non-hydrogen) atoms. The van der Waals surface area contributed by atoms with E-state index in [4.69, 9.17) is 77.8 Å². The predicted molar refractivity (Wildman–Crippen MR) is 465 cm³/mol. The summed E-state index contributed by atoms with van der Waals surface area (Å²) in [6.07, 6.45) is 54.9. The number of nitrogens with zero attached hydrogens (tertiary/aromatic N) is 8. The Bertz CT molecular complexity index is 3510. The third kappa shape index (κ3) is 30.1. The van der Waals surface area contributed by atoms with Gasteiger partial charge in [0.2, 0.25) is 0 Å². The second-order valence-corrected chi connectivity index (χ2v) is 31.8. The molecule has 0 unspecified atom stereocenters. The summed E-state index contributed by atoms with van der Waals surface area (Å²) in [6, 6.07) is 16.6. The molecule has 4 aromatic carbocycles. The first kappa shape index (κ1) is 91.8. The van der Waals surface area contributed by atoms with Crippen LogP contribution < -0.4 is 47.9 Å². The van der Waals surface area contributed by atoms with Crippen molar-refractivity contribution in [2.45, 2.75) is 364 Å². The first-order valence-corrected chi connectivity index (χ1v) is 45.8. The normalized spacial score (nSPS) is 11.7. The van der Waals surface area contributed by atoms with E-state index >= 15 is 0 Å². The van der Waals surface area contributed by atoms with Crippen LogP contribution in [0, 0.1) is 0 Å². The van der Waals surface area contributed by atoms with Gasteiger partial charge in [0.25, 0.3) is 0 Å². The SMILES string of the molecule is CCCCCCCCOc1cc2c(cc1OCCCCCCCC)-c1nc-2nc2[n-]c(nc3nc(nc4[n-]c(n1)c1cc(OCCCCCCCC)c(OCCCCCCCC)cc41)-c1cc(OCCCCCCCC)c(OCCCCCCCC)cc1-3)c1cc(OCCCCCCCC)c(OCCCCCCCC)cc21.[Zn+2]. The number of hydrogen-bond acceptors (Lipinski definition) is 14. The Balaban J connectivity index is 0.0000160. The van der Waals surface area contributed by atoms with Crippen molar-refractivity contribution in [2.24, 2.45) is 0 Å². The molecule has 0 fully saturated rings. The van der Waals surface area contributed by atoms with Crippen LogP contribution in [-0.4, -0.2) is 82.8 Å². The third-order valence-electron chi connectivity index (χ3n) is 22.0. The van der Waals surface area contributed by atoms with Gasteiger partial charge >= 0.3 is 19.5 Å². The summed E-state index contributed by atoms with van der Waals surface area (Å²) in [6.45, 7) is 22.5. The van der Waals surface area contributed by atoms with E-state index in [0.717, 1.165) is 147 Å². The van der Waals surface area contributed by atoms with E-state index in [1.54, 1.807) is 0 Å². The van der Waals surface area contributed by atoms with Gasteiger partial charge in [-0.15, -0.1) is 0 Å². The molecule has 16 nitrogen and oxygen atoms in total. The van der Waals surface area contributed by atoms with Gasteiger partial charge in [-0.05, 0) is 121 Å². The Kier molecular flexibility index (Phi) is 44.0. The minimum absolute atomic E-state index is 0. The Hall–Kier alpha value is -6.74. The first-order valence-electron chi connectivity index (χ1n) is 45.8. The van der Waals surface area contributed by atoms with E-state index in [-0.39, 0.29) is 19.5 Å². The summed E-state index contributed by atoms with van der Waals surface area (Å²) in [7, 11) is 0. The van der Waals surface area contributed by atoms with Gasteiger partial charge in [0.1, 0.15) is 0 Å². The number of fused-ring (bicyclic) bond motifs is 20. The molecule has 2 aliphatic rings. The molecule has 0 saturated carbocycles. The van der Waals surface area contributed by atoms with Gasteiger partial charge in [0.15, 0.2) is 46.0 Å². The van der Waals surface area contributed by atoms with Crippen LogP contribution >= 0.6 is 0 Å². The Morgan fingerprint density at radius 3 is 0.487 bits per heavy atom. The average molecular weight is 1600 g/mol. The molecule has 7 aromatic rings. The molecule has 17 heteroatoms. The molecular weight excluding hydrogens is 1460 g/mol. The van der Waals surface area contributed by atoms with Crippen LogP contribution in [0.5, 0.6) is 46.0 Å². The fraction of sp³-hybridized carbons (Fsp3) is 0.667. The predicted octanol–water partition coefficient (Wildman–Crippen LogP) is 28.0. The maximum atomic E-state index is 6.89. The maximum Gasteiger partial charge on any atom is 2.00 e. The Morgan fingerprint density at radius 1 is 0.186 bits per heavy atom. The third-order valence-corrected chi connectivity index (χ3v) is 22.0. The molecule has 0 atom stereocenters. The standard InChI is InChI=1S/C96H144N8O8.Zn/c1-9-17-25-33-41-49-57-105-81-65-73-74(66-82(81)106-58-50-42-34-26-18-10-2)90-97-89(73)101-91-75-67-83(107-59-51-43-35-27-19-11-3)84(108-60-52-44-36-28-20-12-4)68-76(75)93(98-91)103-95-79-71-87(111-63-55-47-39-31-23-15-7)88(112-64-56-48-40-32-24-16-8)72-80(79)96(100-95)104-94-78-70-86(110-62-54-46-38-30-22-14-6)85(69-77(78)92(99-94)102-90)109-61-53-45-37-29-21-13-5;/h65-72H,9-64H2,1-8H3;/q-2;+2. The van der Waals surface area contributed by atoms with E-state index < -0.39 is 0 Å². The van der Waals surface area contributed by atoms with Crippen molar-refractivity contribution < 1.29 is 57.4 Å². The number of ether oxygens (including phenoxy) is 8. The van der Waals surface area contributed by atoms with Gasteiger partial charge in [-0.2, -0.15) is 0 Å². The van der Waals surface area contributed by atoms with Crippen LogP contribution in [0.15, 0.2) is 48.5 Å². The smallest absolute Gasteiger partial charge is 0.490 e. The molecule has 3 aromatic heterocycles. The monoisotopic (exact) mass is 1600 g/mol. The molecule has 618 valence electrons. The molecule has 2 aliphatic heterocycles. The number of hydrogen-bond donors (Lipinski definition) is 0. The molecule has 0 spiro atoms. The van der Waals surface area contributed by atoms with Crippen LogP contribution in [0.2, 0.25) is 0 Å². The zero-order chi connectivity index (χ0) is 78.4. The van der Waals surface area contributed by atoms with E-state index in [0.29, 0.717) is 145 Å². The van der Waals surface area contributed by atoms with E-state index in [1.807, 2.05) is 0 Å². The van der Waals surface area contributed by atoms with Crippen molar-refractivity contribution in [1.29, 1.82) is 0 Å². The molecule has 0 aliphatic carbocycles. The fourth-order valence-corrected chi connectivity index (χ4v) is 15.1. The second kappa shape index (κ2) is 54.2. The van der Waals surface area contributed by atoms with Crippen molar-refractivity contribution in [3.05, 3.63) is 48.5 Å².